The highest BCUT2D eigenvalue weighted by Gasteiger charge is 2.11. The molecular formula is C16H22Cl2N4O. The van der Waals surface area contributed by atoms with Crippen LogP contribution in [-0.2, 0) is 0 Å². The van der Waals surface area contributed by atoms with E-state index in [1.165, 1.54) is 0 Å². The van der Waals surface area contributed by atoms with E-state index in [1.807, 2.05) is 30.3 Å². The number of pyridine rings is 1. The second kappa shape index (κ2) is 9.67. The Morgan fingerprint density at radius 1 is 1.13 bits per heavy atom. The molecule has 2 aromatic rings. The van der Waals surface area contributed by atoms with Crippen LogP contribution in [0.15, 0.2) is 36.4 Å². The standard InChI is InChI=1S/C16H20N4O.2ClH/c21-16(18-9-12-20-10-7-17-8-11-20)15-6-5-13-3-1-2-4-14(13)19-15;;/h1-6,17H,7-12H2,(H,18,21);2*1H. The van der Waals surface area contributed by atoms with E-state index in [4.69, 9.17) is 0 Å². The zero-order valence-electron chi connectivity index (χ0n) is 12.8. The van der Waals surface area contributed by atoms with Crippen LogP contribution >= 0.6 is 24.8 Å². The molecule has 0 aliphatic carbocycles. The largest absolute Gasteiger partial charge is 0.349 e. The summed E-state index contributed by atoms with van der Waals surface area (Å²) in [5, 5.41) is 7.32. The average Bonchev–Trinajstić information content (AvgIpc) is 2.55. The zero-order chi connectivity index (χ0) is 14.5. The number of carbonyl (C=O) groups excluding carboxylic acids is 1. The first-order chi connectivity index (χ1) is 10.3. The number of hydrogen-bond acceptors (Lipinski definition) is 4. The van der Waals surface area contributed by atoms with Crippen LogP contribution in [0.1, 0.15) is 10.5 Å². The molecule has 1 aliphatic rings. The molecule has 1 fully saturated rings. The second-order valence-corrected chi connectivity index (χ2v) is 5.24. The fraction of sp³-hybridized carbons (Fsp3) is 0.375. The molecule has 0 atom stereocenters. The fourth-order valence-corrected chi connectivity index (χ4v) is 2.55. The molecule has 5 nitrogen and oxygen atoms in total. The fourth-order valence-electron chi connectivity index (χ4n) is 2.55. The number of benzene rings is 1. The lowest BCUT2D eigenvalue weighted by Gasteiger charge is -2.27. The van der Waals surface area contributed by atoms with Crippen molar-refractivity contribution in [2.45, 2.75) is 0 Å². The first-order valence-electron chi connectivity index (χ1n) is 7.40. The minimum atomic E-state index is -0.101. The zero-order valence-corrected chi connectivity index (χ0v) is 14.5. The van der Waals surface area contributed by atoms with Crippen LogP contribution in [0, 0.1) is 0 Å². The summed E-state index contributed by atoms with van der Waals surface area (Å²) in [6, 6.07) is 11.5. The number of amides is 1. The van der Waals surface area contributed by atoms with Gasteiger partial charge in [-0.3, -0.25) is 9.69 Å². The van der Waals surface area contributed by atoms with Crippen molar-refractivity contribution in [2.24, 2.45) is 0 Å². The molecule has 1 aromatic carbocycles. The summed E-state index contributed by atoms with van der Waals surface area (Å²) < 4.78 is 0. The molecule has 0 bridgehead atoms. The number of hydrogen-bond donors (Lipinski definition) is 2. The lowest BCUT2D eigenvalue weighted by Crippen LogP contribution is -2.46. The van der Waals surface area contributed by atoms with Gasteiger partial charge in [0.2, 0.25) is 0 Å². The number of halogens is 2. The summed E-state index contributed by atoms with van der Waals surface area (Å²) in [6.07, 6.45) is 0. The Kier molecular flexibility index (Phi) is 8.26. The minimum Gasteiger partial charge on any atom is -0.349 e. The third-order valence-electron chi connectivity index (χ3n) is 3.75. The van der Waals surface area contributed by atoms with Gasteiger partial charge in [0.05, 0.1) is 5.52 Å². The molecule has 0 radical (unpaired) electrons. The van der Waals surface area contributed by atoms with Gasteiger partial charge in [-0.25, -0.2) is 4.98 Å². The molecule has 0 unspecified atom stereocenters. The maximum absolute atomic E-state index is 12.1. The van der Waals surface area contributed by atoms with E-state index >= 15 is 0 Å². The average molecular weight is 357 g/mol. The molecule has 1 amide bonds. The van der Waals surface area contributed by atoms with Crippen molar-refractivity contribution in [1.29, 1.82) is 0 Å². The minimum absolute atomic E-state index is 0. The Morgan fingerprint density at radius 3 is 2.65 bits per heavy atom. The third-order valence-corrected chi connectivity index (χ3v) is 3.75. The van der Waals surface area contributed by atoms with E-state index in [-0.39, 0.29) is 30.7 Å². The predicted octanol–water partition coefficient (Wildman–Crippen LogP) is 1.71. The van der Waals surface area contributed by atoms with Crippen LogP contribution in [-0.4, -0.2) is 55.1 Å². The molecule has 7 heteroatoms. The van der Waals surface area contributed by atoms with Gasteiger partial charge in [0.1, 0.15) is 5.69 Å². The lowest BCUT2D eigenvalue weighted by molar-refractivity contribution is 0.0942. The molecule has 2 N–H and O–H groups in total. The number of rotatable bonds is 4. The van der Waals surface area contributed by atoms with Crippen LogP contribution in [0.4, 0.5) is 0 Å². The van der Waals surface area contributed by atoms with Gasteiger partial charge in [0.15, 0.2) is 0 Å². The van der Waals surface area contributed by atoms with Gasteiger partial charge in [0.25, 0.3) is 5.91 Å². The van der Waals surface area contributed by atoms with Gasteiger partial charge < -0.3 is 10.6 Å². The van der Waals surface area contributed by atoms with Crippen molar-refractivity contribution in [3.05, 3.63) is 42.1 Å². The molecule has 126 valence electrons. The Bertz CT molecular complexity index is 632. The maximum Gasteiger partial charge on any atom is 0.269 e. The number of piperazine rings is 1. The van der Waals surface area contributed by atoms with E-state index < -0.39 is 0 Å². The van der Waals surface area contributed by atoms with E-state index in [0.29, 0.717) is 12.2 Å². The Morgan fingerprint density at radius 2 is 1.87 bits per heavy atom. The van der Waals surface area contributed by atoms with Crippen molar-refractivity contribution in [3.63, 3.8) is 0 Å². The summed E-state index contributed by atoms with van der Waals surface area (Å²) in [6.45, 7) is 5.70. The molecular weight excluding hydrogens is 335 g/mol. The number of nitrogens with zero attached hydrogens (tertiary/aromatic N) is 2. The monoisotopic (exact) mass is 356 g/mol. The number of fused-ring (bicyclic) bond motifs is 1. The summed E-state index contributed by atoms with van der Waals surface area (Å²) in [7, 11) is 0. The molecule has 1 aliphatic heterocycles. The number of aromatic nitrogens is 1. The lowest BCUT2D eigenvalue weighted by atomic mass is 10.2. The number of nitrogens with one attached hydrogen (secondary N) is 2. The Hall–Kier alpha value is -1.40. The topological polar surface area (TPSA) is 57.3 Å². The predicted molar refractivity (Wildman–Crippen MR) is 97.9 cm³/mol. The van der Waals surface area contributed by atoms with Gasteiger partial charge in [-0.05, 0) is 12.1 Å². The van der Waals surface area contributed by atoms with Gasteiger partial charge in [-0.2, -0.15) is 0 Å². The van der Waals surface area contributed by atoms with E-state index in [2.05, 4.69) is 20.5 Å². The molecule has 2 heterocycles. The highest BCUT2D eigenvalue weighted by atomic mass is 35.5. The SMILES string of the molecule is Cl.Cl.O=C(NCCN1CCNCC1)c1ccc2ccccc2n1. The number of carbonyl (C=O) groups is 1. The summed E-state index contributed by atoms with van der Waals surface area (Å²) in [5.41, 5.74) is 1.33. The normalized spacial score (nSPS) is 14.6. The van der Waals surface area contributed by atoms with Crippen LogP contribution < -0.4 is 10.6 Å². The Labute approximate surface area is 148 Å². The highest BCUT2D eigenvalue weighted by Crippen LogP contribution is 2.11. The molecule has 1 saturated heterocycles. The van der Waals surface area contributed by atoms with Crippen molar-refractivity contribution in [1.82, 2.24) is 20.5 Å². The van der Waals surface area contributed by atoms with Gasteiger partial charge >= 0.3 is 0 Å². The van der Waals surface area contributed by atoms with Crippen LogP contribution in [0.5, 0.6) is 0 Å². The summed E-state index contributed by atoms with van der Waals surface area (Å²) >= 11 is 0. The maximum atomic E-state index is 12.1. The van der Waals surface area contributed by atoms with Gasteiger partial charge in [-0.15, -0.1) is 24.8 Å². The summed E-state index contributed by atoms with van der Waals surface area (Å²) in [4.78, 5) is 18.9. The van der Waals surface area contributed by atoms with Crippen LogP contribution in [0.25, 0.3) is 10.9 Å². The van der Waals surface area contributed by atoms with Crippen molar-refractivity contribution < 1.29 is 4.79 Å². The van der Waals surface area contributed by atoms with E-state index in [0.717, 1.165) is 43.6 Å². The summed E-state index contributed by atoms with van der Waals surface area (Å²) in [5.74, 6) is -0.101. The molecule has 0 spiro atoms. The van der Waals surface area contributed by atoms with E-state index in [9.17, 15) is 4.79 Å². The second-order valence-electron chi connectivity index (χ2n) is 5.24. The van der Waals surface area contributed by atoms with Crippen LogP contribution in [0.3, 0.4) is 0 Å². The Balaban J connectivity index is 0.00000132. The molecule has 0 saturated carbocycles. The van der Waals surface area contributed by atoms with Gasteiger partial charge in [-0.1, -0.05) is 24.3 Å². The number of para-hydroxylation sites is 1. The van der Waals surface area contributed by atoms with Crippen molar-refractivity contribution in [3.8, 4) is 0 Å². The highest BCUT2D eigenvalue weighted by molar-refractivity contribution is 5.94. The van der Waals surface area contributed by atoms with Crippen LogP contribution in [0.2, 0.25) is 0 Å². The molecule has 1 aromatic heterocycles. The smallest absolute Gasteiger partial charge is 0.269 e. The molecule has 3 rings (SSSR count). The van der Waals surface area contributed by atoms with E-state index in [1.54, 1.807) is 6.07 Å². The third kappa shape index (κ3) is 5.32. The quantitative estimate of drug-likeness (QED) is 0.875. The van der Waals surface area contributed by atoms with Gasteiger partial charge in [0, 0.05) is 44.7 Å². The van der Waals surface area contributed by atoms with Crippen molar-refractivity contribution >= 4 is 41.6 Å². The van der Waals surface area contributed by atoms with Crippen molar-refractivity contribution in [2.75, 3.05) is 39.3 Å². The molecule has 23 heavy (non-hydrogen) atoms. The first-order valence-corrected chi connectivity index (χ1v) is 7.40. The first kappa shape index (κ1) is 19.6.